The Labute approximate surface area is 287 Å². The van der Waals surface area contributed by atoms with Crippen LogP contribution >= 0.6 is 0 Å². The Balaban J connectivity index is 1.19. The third kappa shape index (κ3) is 8.23. The molecule has 3 aromatic rings. The maximum absolute atomic E-state index is 14.0. The van der Waals surface area contributed by atoms with Crippen LogP contribution in [0.3, 0.4) is 0 Å². The van der Waals surface area contributed by atoms with E-state index < -0.39 is 11.7 Å². The first kappa shape index (κ1) is 34.4. The lowest BCUT2D eigenvalue weighted by Crippen LogP contribution is -2.47. The zero-order valence-corrected chi connectivity index (χ0v) is 29.0. The third-order valence-corrected chi connectivity index (χ3v) is 8.51. The molecule has 262 valence electrons. The standard InChI is InChI=1S/C36H47N7O6/c1-24(2)43-32(41-15-20-46-21-16-41)29-30(33(43)44)39-34(42-17-22-47-23-18-42)40-31(29)38-27-10-6-25(7-11-27)26-8-12-28(13-9-26)48-19-14-37-35(45)49-36(3,4)5/h6-13,24,32H,14-23H2,1-5H3,(H,37,45)(H,38,39,40). The smallest absolute Gasteiger partial charge is 0.407 e. The second-order valence-electron chi connectivity index (χ2n) is 13.6. The summed E-state index contributed by atoms with van der Waals surface area (Å²) in [5, 5.41) is 6.26. The zero-order valence-electron chi connectivity index (χ0n) is 29.0. The van der Waals surface area contributed by atoms with Gasteiger partial charge in [-0.2, -0.15) is 4.98 Å². The van der Waals surface area contributed by atoms with Gasteiger partial charge in [0.15, 0.2) is 0 Å². The van der Waals surface area contributed by atoms with Crippen LogP contribution in [0, 0.1) is 0 Å². The van der Waals surface area contributed by atoms with Crippen molar-refractivity contribution in [3.05, 3.63) is 59.8 Å². The van der Waals surface area contributed by atoms with Gasteiger partial charge in [-0.3, -0.25) is 9.69 Å². The van der Waals surface area contributed by atoms with E-state index in [0.29, 0.717) is 89.0 Å². The number of anilines is 3. The van der Waals surface area contributed by atoms with Crippen LogP contribution in [0.5, 0.6) is 5.75 Å². The van der Waals surface area contributed by atoms with Crippen LogP contribution in [0.25, 0.3) is 11.1 Å². The van der Waals surface area contributed by atoms with Crippen LogP contribution < -0.4 is 20.3 Å². The summed E-state index contributed by atoms with van der Waals surface area (Å²) in [5.74, 6) is 1.80. The SMILES string of the molecule is CC(C)N1C(=O)c2nc(N3CCOCC3)nc(Nc3ccc(-c4ccc(OCCNC(=O)OC(C)(C)C)cc4)cc3)c2C1N1CCOCC1. The van der Waals surface area contributed by atoms with Crippen molar-refractivity contribution in [2.45, 2.75) is 52.4 Å². The highest BCUT2D eigenvalue weighted by Gasteiger charge is 2.46. The highest BCUT2D eigenvalue weighted by molar-refractivity contribution is 5.99. The fourth-order valence-corrected chi connectivity index (χ4v) is 6.20. The van der Waals surface area contributed by atoms with Crippen molar-refractivity contribution in [3.63, 3.8) is 0 Å². The lowest BCUT2D eigenvalue weighted by Gasteiger charge is -2.39. The number of nitrogens with zero attached hydrogens (tertiary/aromatic N) is 5. The van der Waals surface area contributed by atoms with Gasteiger partial charge >= 0.3 is 6.09 Å². The van der Waals surface area contributed by atoms with Gasteiger partial charge in [0, 0.05) is 37.9 Å². The van der Waals surface area contributed by atoms with Gasteiger partial charge < -0.3 is 39.4 Å². The Morgan fingerprint density at radius 3 is 2.14 bits per heavy atom. The topological polar surface area (TPSA) is 131 Å². The second kappa shape index (κ2) is 15.0. The van der Waals surface area contributed by atoms with Crippen LogP contribution in [-0.2, 0) is 14.2 Å². The monoisotopic (exact) mass is 673 g/mol. The quantitative estimate of drug-likeness (QED) is 0.287. The molecule has 2 fully saturated rings. The van der Waals surface area contributed by atoms with Crippen LogP contribution in [-0.4, -0.2) is 109 Å². The summed E-state index contributed by atoms with van der Waals surface area (Å²) in [6.45, 7) is 15.4. The predicted molar refractivity (Wildman–Crippen MR) is 186 cm³/mol. The van der Waals surface area contributed by atoms with Gasteiger partial charge in [-0.1, -0.05) is 24.3 Å². The van der Waals surface area contributed by atoms with E-state index in [4.69, 9.17) is 28.9 Å². The van der Waals surface area contributed by atoms with E-state index >= 15 is 0 Å². The summed E-state index contributed by atoms with van der Waals surface area (Å²) >= 11 is 0. The minimum Gasteiger partial charge on any atom is -0.492 e. The lowest BCUT2D eigenvalue weighted by molar-refractivity contribution is -0.0297. The van der Waals surface area contributed by atoms with Crippen molar-refractivity contribution in [2.75, 3.05) is 76.0 Å². The molecule has 4 heterocycles. The highest BCUT2D eigenvalue weighted by Crippen LogP contribution is 2.42. The molecule has 49 heavy (non-hydrogen) atoms. The largest absolute Gasteiger partial charge is 0.492 e. The molecular formula is C36H47N7O6. The number of morpholine rings is 2. The summed E-state index contributed by atoms with van der Waals surface area (Å²) in [6.07, 6.45) is -0.755. The normalized spacial score (nSPS) is 18.4. The Bertz CT molecular complexity index is 1600. The number of hydrogen-bond donors (Lipinski definition) is 2. The summed E-state index contributed by atoms with van der Waals surface area (Å²) in [7, 11) is 0. The number of nitrogens with one attached hydrogen (secondary N) is 2. The maximum atomic E-state index is 14.0. The van der Waals surface area contributed by atoms with Crippen molar-refractivity contribution < 1.29 is 28.5 Å². The van der Waals surface area contributed by atoms with Crippen LogP contribution in [0.15, 0.2) is 48.5 Å². The summed E-state index contributed by atoms with van der Waals surface area (Å²) < 4.78 is 22.3. The lowest BCUT2D eigenvalue weighted by atomic mass is 10.1. The van der Waals surface area contributed by atoms with Crippen LogP contribution in [0.2, 0.25) is 0 Å². The molecule has 1 unspecified atom stereocenters. The van der Waals surface area contributed by atoms with Crippen molar-refractivity contribution >= 4 is 29.5 Å². The Morgan fingerprint density at radius 1 is 0.918 bits per heavy atom. The number of aromatic nitrogens is 2. The first-order valence-electron chi connectivity index (χ1n) is 17.0. The van der Waals surface area contributed by atoms with Crippen molar-refractivity contribution in [1.82, 2.24) is 25.1 Å². The van der Waals surface area contributed by atoms with Gasteiger partial charge in [0.25, 0.3) is 5.91 Å². The molecule has 13 heteroatoms. The molecule has 0 spiro atoms. The molecule has 2 aromatic carbocycles. The maximum Gasteiger partial charge on any atom is 0.407 e. The summed E-state index contributed by atoms with van der Waals surface area (Å²) in [4.78, 5) is 42.0. The van der Waals surface area contributed by atoms with E-state index in [-0.39, 0.29) is 18.1 Å². The number of benzene rings is 2. The van der Waals surface area contributed by atoms with Gasteiger partial charge in [-0.05, 0) is 70.0 Å². The van der Waals surface area contributed by atoms with Crippen molar-refractivity contribution in [3.8, 4) is 16.9 Å². The molecular weight excluding hydrogens is 626 g/mol. The van der Waals surface area contributed by atoms with E-state index in [1.165, 1.54) is 0 Å². The van der Waals surface area contributed by atoms with E-state index in [0.717, 1.165) is 22.4 Å². The highest BCUT2D eigenvalue weighted by atomic mass is 16.6. The molecule has 2 amide bonds. The summed E-state index contributed by atoms with van der Waals surface area (Å²) in [6, 6.07) is 16.0. The number of ether oxygens (including phenoxy) is 4. The molecule has 13 nitrogen and oxygen atoms in total. The molecule has 0 bridgehead atoms. The van der Waals surface area contributed by atoms with Gasteiger partial charge in [-0.25, -0.2) is 9.78 Å². The molecule has 0 aliphatic carbocycles. The number of carbonyl (C=O) groups is 2. The minimum absolute atomic E-state index is 0.0285. The number of fused-ring (bicyclic) bond motifs is 1. The second-order valence-corrected chi connectivity index (χ2v) is 13.6. The molecule has 1 aromatic heterocycles. The molecule has 0 saturated carbocycles. The molecule has 2 N–H and O–H groups in total. The Morgan fingerprint density at radius 2 is 1.53 bits per heavy atom. The average molecular weight is 674 g/mol. The Kier molecular flexibility index (Phi) is 10.5. The molecule has 1 atom stereocenters. The fourth-order valence-electron chi connectivity index (χ4n) is 6.20. The number of hydrogen-bond acceptors (Lipinski definition) is 11. The van der Waals surface area contributed by atoms with E-state index in [1.807, 2.05) is 75.9 Å². The molecule has 6 rings (SSSR count). The third-order valence-electron chi connectivity index (χ3n) is 8.51. The first-order chi connectivity index (χ1) is 23.6. The molecule has 2 saturated heterocycles. The summed E-state index contributed by atoms with van der Waals surface area (Å²) in [5.41, 5.74) is 3.64. The number of rotatable bonds is 10. The number of alkyl carbamates (subject to hydrolysis) is 1. The van der Waals surface area contributed by atoms with Gasteiger partial charge in [0.2, 0.25) is 5.95 Å². The predicted octanol–water partition coefficient (Wildman–Crippen LogP) is 4.82. The first-order valence-corrected chi connectivity index (χ1v) is 17.0. The minimum atomic E-state index is -0.542. The van der Waals surface area contributed by atoms with E-state index in [9.17, 15) is 9.59 Å². The van der Waals surface area contributed by atoms with Gasteiger partial charge in [0.05, 0.1) is 38.5 Å². The van der Waals surface area contributed by atoms with Crippen LogP contribution in [0.1, 0.15) is 56.8 Å². The molecule has 3 aliphatic heterocycles. The van der Waals surface area contributed by atoms with Gasteiger partial charge in [-0.15, -0.1) is 0 Å². The van der Waals surface area contributed by atoms with E-state index in [1.54, 1.807) is 0 Å². The number of carbonyl (C=O) groups excluding carboxylic acids is 2. The fraction of sp³-hybridized carbons (Fsp3) is 0.500. The van der Waals surface area contributed by atoms with Crippen molar-refractivity contribution in [1.29, 1.82) is 0 Å². The van der Waals surface area contributed by atoms with Crippen LogP contribution in [0.4, 0.5) is 22.2 Å². The molecule has 0 radical (unpaired) electrons. The molecule has 3 aliphatic rings. The Hall–Kier alpha value is -4.46. The zero-order chi connectivity index (χ0) is 34.5. The number of amides is 2. The van der Waals surface area contributed by atoms with E-state index in [2.05, 4.69) is 32.6 Å². The van der Waals surface area contributed by atoms with Gasteiger partial charge in [0.1, 0.15) is 35.6 Å². The van der Waals surface area contributed by atoms with Crippen molar-refractivity contribution in [2.24, 2.45) is 0 Å². The average Bonchev–Trinajstić information content (AvgIpc) is 3.40.